The van der Waals surface area contributed by atoms with E-state index < -0.39 is 76.9 Å². The van der Waals surface area contributed by atoms with Crippen molar-refractivity contribution < 1.29 is 58.1 Å². The molecule has 0 saturated carbocycles. The minimum Gasteiger partial charge on any atom is -0.486 e. The van der Waals surface area contributed by atoms with Crippen LogP contribution in [0.5, 0.6) is 5.75 Å². The van der Waals surface area contributed by atoms with Crippen molar-refractivity contribution in [2.45, 2.75) is 190 Å². The summed E-state index contributed by atoms with van der Waals surface area (Å²) < 4.78 is 5.86. The lowest BCUT2D eigenvalue weighted by Crippen LogP contribution is -2.61. The molecule has 2 aliphatic heterocycles. The molecule has 6 rings (SSSR count). The molecule has 4 amide bonds. The third kappa shape index (κ3) is 21.1. The van der Waals surface area contributed by atoms with Gasteiger partial charge in [-0.05, 0) is 89.1 Å². The number of likely N-dealkylation sites (N-methyl/N-ethyl adjacent to an activating group) is 2. The molecule has 20 nitrogen and oxygen atoms in total. The summed E-state index contributed by atoms with van der Waals surface area (Å²) in [5.41, 5.74) is 7.51. The van der Waals surface area contributed by atoms with Crippen molar-refractivity contribution in [2.75, 3.05) is 25.6 Å². The maximum absolute atomic E-state index is 14.3. The first kappa shape index (κ1) is 74.3. The van der Waals surface area contributed by atoms with Crippen LogP contribution in [-0.2, 0) is 68.0 Å². The highest BCUT2D eigenvalue weighted by molar-refractivity contribution is 5.98. The molecule has 4 aromatic rings. The molecule has 2 heterocycles. The molecule has 0 radical (unpaired) electrons. The van der Waals surface area contributed by atoms with Gasteiger partial charge in [0.05, 0.1) is 30.7 Å². The molecule has 2 unspecified atom stereocenters. The van der Waals surface area contributed by atoms with E-state index in [4.69, 9.17) is 4.74 Å². The van der Waals surface area contributed by atoms with Gasteiger partial charge in [0.2, 0.25) is 23.6 Å². The number of aliphatic carboxylic acids is 2. The third-order valence-electron chi connectivity index (χ3n) is 16.5. The monoisotopic (exact) mass is 1270 g/mol. The number of ether oxygens (including phenoxy) is 1. The van der Waals surface area contributed by atoms with Crippen LogP contribution in [0.3, 0.4) is 0 Å². The van der Waals surface area contributed by atoms with Crippen molar-refractivity contribution in [3.63, 3.8) is 0 Å². The lowest BCUT2D eigenvalue weighted by atomic mass is 9.76. The van der Waals surface area contributed by atoms with Crippen molar-refractivity contribution in [1.82, 2.24) is 26.3 Å². The quantitative estimate of drug-likeness (QED) is 0.0276. The Labute approximate surface area is 543 Å². The minimum absolute atomic E-state index is 0.0135. The van der Waals surface area contributed by atoms with Crippen molar-refractivity contribution in [3.8, 4) is 5.75 Å². The van der Waals surface area contributed by atoms with Crippen LogP contribution < -0.4 is 31.0 Å². The zero-order valence-corrected chi connectivity index (χ0v) is 56.6. The van der Waals surface area contributed by atoms with Crippen LogP contribution in [-0.4, -0.2) is 113 Å². The highest BCUT2D eigenvalue weighted by Crippen LogP contribution is 2.44. The molecule has 0 spiro atoms. The van der Waals surface area contributed by atoms with Gasteiger partial charge in [0, 0.05) is 73.7 Å². The van der Waals surface area contributed by atoms with E-state index in [0.717, 1.165) is 22.3 Å². The number of carbonyl (C=O) groups excluding carboxylic acids is 7. The van der Waals surface area contributed by atoms with Crippen molar-refractivity contribution >= 4 is 58.6 Å². The predicted octanol–water partition coefficient (Wildman–Crippen LogP) is 10.6. The largest absolute Gasteiger partial charge is 0.486 e. The van der Waals surface area contributed by atoms with E-state index in [2.05, 4.69) is 59.4 Å². The summed E-state index contributed by atoms with van der Waals surface area (Å²) in [6, 6.07) is 25.1. The molecule has 0 saturated heterocycles. The van der Waals surface area contributed by atoms with Crippen molar-refractivity contribution in [3.05, 3.63) is 142 Å². The first-order chi connectivity index (χ1) is 43.0. The standard InChI is InChI=1S/C67H86N8O12.C5H12/c1-39(2)51(36-46(76)26-30-56(79)75-37-44-19-13-14-21-49(44)58-59(72-73-71-58)50-22-15-16-23-53(50)75)62(82)69-52(29-31-57(80)81)55(78)35-42-24-27-48(28-25-42)87-38-47(77)34-43-18-17-20-45(33-43)67(9,10)60(68-11)63(83)70-61(66(6,7)8)64(84)74(12)54(40(3)4)32-41(5)65(85)86;1-5(2,3)4/h13-25,27-28,32-33,39-40,51-52,54,58-61,68H,26,29-31,34-38H2,1-12H3,(H,69,82)(H,70,83)(H,71,72)(H,80,81)(H,85,86);1-4H3/b41-32+;/t51-,52-,54-,58?,59?,60+,61+;/m0./s1. The summed E-state index contributed by atoms with van der Waals surface area (Å²) in [6.07, 6.45) is 0.380. The molecule has 498 valence electrons. The summed E-state index contributed by atoms with van der Waals surface area (Å²) in [5, 5.41) is 36.6. The Balaban J connectivity index is 0.00000295. The molecule has 7 atom stereocenters. The zero-order valence-electron chi connectivity index (χ0n) is 56.6. The van der Waals surface area contributed by atoms with Crippen molar-refractivity contribution in [2.24, 2.45) is 38.9 Å². The number of carboxylic acid groups (broad SMARTS) is 2. The second-order valence-electron chi connectivity index (χ2n) is 28.2. The van der Waals surface area contributed by atoms with Gasteiger partial charge in [0.15, 0.2) is 11.6 Å². The van der Waals surface area contributed by atoms with Crippen LogP contribution in [0.4, 0.5) is 5.69 Å². The second kappa shape index (κ2) is 32.8. The number of ketones is 3. The molecule has 0 fully saturated rings. The number of hydrogen-bond acceptors (Lipinski definition) is 14. The van der Waals surface area contributed by atoms with Gasteiger partial charge in [-0.15, -0.1) is 0 Å². The predicted molar refractivity (Wildman–Crippen MR) is 355 cm³/mol. The Hall–Kier alpha value is -8.39. The maximum Gasteiger partial charge on any atom is 0.331 e. The van der Waals surface area contributed by atoms with E-state index in [1.165, 1.54) is 11.8 Å². The van der Waals surface area contributed by atoms with Gasteiger partial charge in [0.25, 0.3) is 0 Å². The average molecular weight is 1270 g/mol. The lowest BCUT2D eigenvalue weighted by molar-refractivity contribution is -0.141. The number of fused-ring (bicyclic) bond motifs is 5. The van der Waals surface area contributed by atoms with Gasteiger partial charge in [-0.3, -0.25) is 43.8 Å². The average Bonchev–Trinajstić information content (AvgIpc) is 1.32. The Kier molecular flexibility index (Phi) is 26.5. The highest BCUT2D eigenvalue weighted by Gasteiger charge is 2.43. The lowest BCUT2D eigenvalue weighted by Gasteiger charge is -2.40. The maximum atomic E-state index is 14.3. The Morgan fingerprint density at radius 2 is 1.36 bits per heavy atom. The van der Waals surface area contributed by atoms with Crippen LogP contribution in [0.1, 0.15) is 175 Å². The molecular formula is C72H98N8O12. The number of nitrogens with one attached hydrogen (secondary N) is 4. The van der Waals surface area contributed by atoms with Gasteiger partial charge < -0.3 is 40.7 Å². The number of para-hydroxylation sites is 1. The van der Waals surface area contributed by atoms with E-state index in [9.17, 15) is 53.4 Å². The summed E-state index contributed by atoms with van der Waals surface area (Å²) in [5.74, 6) is -5.85. The van der Waals surface area contributed by atoms with Crippen LogP contribution in [0.15, 0.2) is 119 Å². The highest BCUT2D eigenvalue weighted by atomic mass is 16.5. The topological polar surface area (TPSA) is 283 Å². The number of carbonyl (C=O) groups is 9. The van der Waals surface area contributed by atoms with Crippen LogP contribution in [0, 0.1) is 28.6 Å². The first-order valence-electron chi connectivity index (χ1n) is 31.7. The molecule has 6 N–H and O–H groups in total. The van der Waals surface area contributed by atoms with Gasteiger partial charge in [-0.25, -0.2) is 4.79 Å². The molecule has 20 heteroatoms. The number of carboxylic acids is 2. The fraction of sp³-hybridized carbons (Fsp3) is 0.514. The fourth-order valence-corrected chi connectivity index (χ4v) is 11.3. The third-order valence-corrected chi connectivity index (χ3v) is 16.5. The van der Waals surface area contributed by atoms with Crippen LogP contribution in [0.2, 0.25) is 0 Å². The zero-order chi connectivity index (χ0) is 68.6. The molecular weight excluding hydrogens is 1170 g/mol. The molecule has 4 aromatic carbocycles. The Morgan fingerprint density at radius 3 is 1.96 bits per heavy atom. The SMILES string of the molecule is CC(C)(C)C.CN[C@H](C(=O)N[C@H](C(=O)N(C)[C@@H](/C=C(\C)C(=O)O)C(C)C)C(C)(C)C)C(C)(C)c1cccc(CC(=O)COc2ccc(CC(=O)[C@H](CCC(=O)O)NC(=O)[C@@H](CC(=O)CCC(=O)N3Cc4ccccc4C4NN=NC4c4ccccc43)C(C)C)cc2)c1. The number of amides is 4. The van der Waals surface area contributed by atoms with Gasteiger partial charge in [-0.1, -0.05) is 180 Å². The Bertz CT molecular complexity index is 3330. The van der Waals surface area contributed by atoms with Gasteiger partial charge in [-0.2, -0.15) is 5.11 Å². The van der Waals surface area contributed by atoms with Gasteiger partial charge >= 0.3 is 11.9 Å². The van der Waals surface area contributed by atoms with E-state index in [-0.39, 0.29) is 105 Å². The number of nitrogens with zero attached hydrogens (tertiary/aromatic N) is 4. The van der Waals surface area contributed by atoms with E-state index in [0.29, 0.717) is 28.0 Å². The van der Waals surface area contributed by atoms with Crippen LogP contribution in [0.25, 0.3) is 0 Å². The van der Waals surface area contributed by atoms with Gasteiger partial charge in [0.1, 0.15) is 30.2 Å². The second-order valence-corrected chi connectivity index (χ2v) is 28.2. The molecule has 0 bridgehead atoms. The molecule has 2 aliphatic rings. The normalized spacial score (nSPS) is 16.3. The fourth-order valence-electron chi connectivity index (χ4n) is 11.3. The Morgan fingerprint density at radius 1 is 0.728 bits per heavy atom. The summed E-state index contributed by atoms with van der Waals surface area (Å²) in [4.78, 5) is 124. The van der Waals surface area contributed by atoms with E-state index in [1.807, 2.05) is 115 Å². The van der Waals surface area contributed by atoms with Crippen molar-refractivity contribution in [1.29, 1.82) is 0 Å². The number of hydrogen-bond donors (Lipinski definition) is 6. The van der Waals surface area contributed by atoms with Crippen LogP contribution >= 0.6 is 0 Å². The number of Topliss-reactive ketones (excluding diaryl/α,β-unsaturated/α-hetero) is 3. The molecule has 92 heavy (non-hydrogen) atoms. The number of rotatable bonds is 29. The van der Waals surface area contributed by atoms with E-state index in [1.54, 1.807) is 69.3 Å². The first-order valence-corrected chi connectivity index (χ1v) is 31.7. The number of benzene rings is 4. The molecule has 0 aliphatic carbocycles. The molecule has 0 aromatic heterocycles. The number of anilines is 1. The summed E-state index contributed by atoms with van der Waals surface area (Å²) >= 11 is 0. The summed E-state index contributed by atoms with van der Waals surface area (Å²) in [7, 11) is 3.27. The smallest absolute Gasteiger partial charge is 0.331 e. The summed E-state index contributed by atoms with van der Waals surface area (Å²) in [6.45, 7) is 26.9. The van der Waals surface area contributed by atoms with E-state index >= 15 is 0 Å². The minimum atomic E-state index is -1.18.